The normalized spacial score (nSPS) is 43.1. The maximum atomic E-state index is 12.3. The number of esters is 2. The number of ether oxygens (including phenoxy) is 3. The first kappa shape index (κ1) is 20.3. The molecule has 3 aliphatic rings. The molecule has 0 aromatic heterocycles. The lowest BCUT2D eigenvalue weighted by Gasteiger charge is -2.52. The minimum absolute atomic E-state index is 0.0757. The summed E-state index contributed by atoms with van der Waals surface area (Å²) >= 11 is 0. The summed E-state index contributed by atoms with van der Waals surface area (Å²) in [6.07, 6.45) is 4.73. The SMILES string of the molecule is C/C=C/C(=O)O[C@H]1[C@@H]2[C@H](C)CC[C@H]2[C@]2(C)O[C@@]1(C(C)C)C[C@H]2OC(=O)CO. The summed E-state index contributed by atoms with van der Waals surface area (Å²) < 4.78 is 18.3. The van der Waals surface area contributed by atoms with Crippen LogP contribution in [0.4, 0.5) is 0 Å². The second kappa shape index (κ2) is 7.21. The highest BCUT2D eigenvalue weighted by Crippen LogP contribution is 2.63. The third-order valence-electron chi connectivity index (χ3n) is 7.10. The first-order chi connectivity index (χ1) is 12.7. The molecule has 2 heterocycles. The number of aliphatic hydroxyl groups excluding tert-OH is 1. The number of fused-ring (bicyclic) bond motifs is 4. The fourth-order valence-corrected chi connectivity index (χ4v) is 5.74. The Bertz CT molecular complexity index is 628. The fraction of sp³-hybridized carbons (Fsp3) is 0.810. The standard InChI is InChI=1S/C21H32O6/c1-6-7-16(23)26-19-18-13(4)8-9-14(18)20(5)15(25-17(24)11-22)10-21(19,27-20)12(2)3/h6-7,12-15,18-19,22H,8-11H2,1-5H3/b7-6+/t13-,14-,15-,18-,19+,20+,21-/m1/s1. The Hall–Kier alpha value is -1.40. The van der Waals surface area contributed by atoms with Crippen LogP contribution in [0.3, 0.4) is 0 Å². The number of aliphatic hydroxyl groups is 1. The Morgan fingerprint density at radius 2 is 2.00 bits per heavy atom. The average molecular weight is 380 g/mol. The van der Waals surface area contributed by atoms with Crippen LogP contribution in [-0.2, 0) is 23.8 Å². The van der Waals surface area contributed by atoms with E-state index in [2.05, 4.69) is 20.8 Å². The van der Waals surface area contributed by atoms with Crippen LogP contribution in [-0.4, -0.2) is 47.1 Å². The van der Waals surface area contributed by atoms with Crippen molar-refractivity contribution in [3.05, 3.63) is 12.2 Å². The fourth-order valence-electron chi connectivity index (χ4n) is 5.74. The lowest BCUT2D eigenvalue weighted by Crippen LogP contribution is -2.62. The molecule has 1 saturated carbocycles. The molecule has 0 radical (unpaired) electrons. The third-order valence-corrected chi connectivity index (χ3v) is 7.10. The Morgan fingerprint density at radius 1 is 1.30 bits per heavy atom. The highest BCUT2D eigenvalue weighted by Gasteiger charge is 2.72. The summed E-state index contributed by atoms with van der Waals surface area (Å²) in [7, 11) is 0. The summed E-state index contributed by atoms with van der Waals surface area (Å²) in [5.74, 6) is -0.219. The second-order valence-corrected chi connectivity index (χ2v) is 8.83. The monoisotopic (exact) mass is 380 g/mol. The number of rotatable bonds is 5. The molecule has 152 valence electrons. The van der Waals surface area contributed by atoms with E-state index in [1.807, 2.05) is 6.92 Å². The van der Waals surface area contributed by atoms with Gasteiger partial charge >= 0.3 is 11.9 Å². The molecule has 3 rings (SSSR count). The van der Waals surface area contributed by atoms with Crippen molar-refractivity contribution in [3.63, 3.8) is 0 Å². The van der Waals surface area contributed by atoms with E-state index in [0.29, 0.717) is 12.3 Å². The van der Waals surface area contributed by atoms with Gasteiger partial charge in [0.15, 0.2) is 0 Å². The molecule has 6 heteroatoms. The number of allylic oxidation sites excluding steroid dienone is 1. The molecule has 2 aliphatic heterocycles. The Kier molecular flexibility index (Phi) is 5.43. The van der Waals surface area contributed by atoms with Crippen molar-refractivity contribution in [3.8, 4) is 0 Å². The summed E-state index contributed by atoms with van der Waals surface area (Å²) in [5.41, 5.74) is -1.33. The molecule has 0 aromatic rings. The van der Waals surface area contributed by atoms with E-state index in [4.69, 9.17) is 19.3 Å². The van der Waals surface area contributed by atoms with Crippen molar-refractivity contribution in [2.45, 2.75) is 77.3 Å². The first-order valence-corrected chi connectivity index (χ1v) is 10.0. The van der Waals surface area contributed by atoms with Crippen LogP contribution in [0.15, 0.2) is 12.2 Å². The van der Waals surface area contributed by atoms with Crippen molar-refractivity contribution in [1.82, 2.24) is 0 Å². The predicted octanol–water partition coefficient (Wildman–Crippen LogP) is 2.63. The van der Waals surface area contributed by atoms with Gasteiger partial charge in [0.2, 0.25) is 0 Å². The molecule has 0 aromatic carbocycles. The van der Waals surface area contributed by atoms with Crippen molar-refractivity contribution in [2.75, 3.05) is 6.61 Å². The van der Waals surface area contributed by atoms with Crippen LogP contribution >= 0.6 is 0 Å². The number of carbonyl (C=O) groups is 2. The molecule has 27 heavy (non-hydrogen) atoms. The van der Waals surface area contributed by atoms with Gasteiger partial charge in [-0.2, -0.15) is 0 Å². The summed E-state index contributed by atoms with van der Waals surface area (Å²) in [6.45, 7) is 9.49. The van der Waals surface area contributed by atoms with Gasteiger partial charge in [0.1, 0.15) is 30.0 Å². The highest BCUT2D eigenvalue weighted by molar-refractivity contribution is 5.82. The van der Waals surface area contributed by atoms with E-state index in [1.54, 1.807) is 13.0 Å². The van der Waals surface area contributed by atoms with Crippen LogP contribution in [0.2, 0.25) is 0 Å². The minimum Gasteiger partial charge on any atom is -0.457 e. The van der Waals surface area contributed by atoms with E-state index in [9.17, 15) is 9.59 Å². The average Bonchev–Trinajstić information content (AvgIpc) is 3.11. The smallest absolute Gasteiger partial charge is 0.332 e. The zero-order valence-electron chi connectivity index (χ0n) is 16.9. The van der Waals surface area contributed by atoms with Gasteiger partial charge in [0, 0.05) is 18.4 Å². The van der Waals surface area contributed by atoms with Crippen LogP contribution in [0.25, 0.3) is 0 Å². The van der Waals surface area contributed by atoms with Crippen molar-refractivity contribution in [2.24, 2.45) is 23.7 Å². The van der Waals surface area contributed by atoms with Crippen LogP contribution in [0.5, 0.6) is 0 Å². The molecule has 2 saturated heterocycles. The molecule has 3 fully saturated rings. The third kappa shape index (κ3) is 3.11. The zero-order valence-corrected chi connectivity index (χ0v) is 16.9. The van der Waals surface area contributed by atoms with E-state index in [0.717, 1.165) is 12.8 Å². The maximum Gasteiger partial charge on any atom is 0.332 e. The highest BCUT2D eigenvalue weighted by atomic mass is 16.6. The van der Waals surface area contributed by atoms with Crippen molar-refractivity contribution >= 4 is 11.9 Å². The van der Waals surface area contributed by atoms with E-state index in [1.165, 1.54) is 6.08 Å². The van der Waals surface area contributed by atoms with Gasteiger partial charge in [-0.15, -0.1) is 0 Å². The molecular weight excluding hydrogens is 348 g/mol. The maximum absolute atomic E-state index is 12.3. The lowest BCUT2D eigenvalue weighted by molar-refractivity contribution is -0.264. The Balaban J connectivity index is 2.04. The quantitative estimate of drug-likeness (QED) is 0.583. The summed E-state index contributed by atoms with van der Waals surface area (Å²) in [6, 6.07) is 0. The first-order valence-electron chi connectivity index (χ1n) is 10.0. The Morgan fingerprint density at radius 3 is 2.59 bits per heavy atom. The topological polar surface area (TPSA) is 82.1 Å². The second-order valence-electron chi connectivity index (χ2n) is 8.83. The molecule has 6 nitrogen and oxygen atoms in total. The van der Waals surface area contributed by atoms with Gasteiger partial charge < -0.3 is 19.3 Å². The molecule has 0 unspecified atom stereocenters. The number of hydrogen-bond acceptors (Lipinski definition) is 6. The van der Waals surface area contributed by atoms with Gasteiger partial charge in [0.25, 0.3) is 0 Å². The van der Waals surface area contributed by atoms with Crippen molar-refractivity contribution < 1.29 is 28.9 Å². The van der Waals surface area contributed by atoms with Gasteiger partial charge in [-0.25, -0.2) is 9.59 Å². The van der Waals surface area contributed by atoms with Gasteiger partial charge in [-0.05, 0) is 44.4 Å². The van der Waals surface area contributed by atoms with Crippen molar-refractivity contribution in [1.29, 1.82) is 0 Å². The zero-order chi connectivity index (χ0) is 20.0. The van der Waals surface area contributed by atoms with E-state index < -0.39 is 29.9 Å². The van der Waals surface area contributed by atoms with Crippen LogP contribution < -0.4 is 0 Å². The van der Waals surface area contributed by atoms with Gasteiger partial charge in [-0.3, -0.25) is 0 Å². The Labute approximate surface area is 161 Å². The molecule has 1 aliphatic carbocycles. The predicted molar refractivity (Wildman–Crippen MR) is 98.7 cm³/mol. The molecule has 0 spiro atoms. The van der Waals surface area contributed by atoms with Gasteiger partial charge in [0.05, 0.1) is 0 Å². The van der Waals surface area contributed by atoms with Crippen LogP contribution in [0, 0.1) is 23.7 Å². The largest absolute Gasteiger partial charge is 0.457 e. The van der Waals surface area contributed by atoms with E-state index in [-0.39, 0.29) is 29.8 Å². The molecule has 7 atom stereocenters. The molecule has 0 amide bonds. The number of carbonyl (C=O) groups excluding carboxylic acids is 2. The number of hydrogen-bond donors (Lipinski definition) is 1. The molecular formula is C21H32O6. The summed E-state index contributed by atoms with van der Waals surface area (Å²) in [5, 5.41) is 9.16. The van der Waals surface area contributed by atoms with E-state index >= 15 is 0 Å². The summed E-state index contributed by atoms with van der Waals surface area (Å²) in [4.78, 5) is 24.2. The van der Waals surface area contributed by atoms with Crippen LogP contribution in [0.1, 0.15) is 53.9 Å². The minimum atomic E-state index is -0.702. The molecule has 2 bridgehead atoms. The lowest BCUT2D eigenvalue weighted by atomic mass is 9.69. The molecule has 1 N–H and O–H groups in total. The van der Waals surface area contributed by atoms with Gasteiger partial charge in [-0.1, -0.05) is 26.8 Å².